The number of sulfonamides is 1. The molecule has 0 aromatic heterocycles. The molecule has 0 aliphatic carbocycles. The van der Waals surface area contributed by atoms with E-state index in [-0.39, 0.29) is 17.2 Å². The highest BCUT2D eigenvalue weighted by molar-refractivity contribution is 7.98. The number of esters is 1. The first-order valence-electron chi connectivity index (χ1n) is 8.41. The van der Waals surface area contributed by atoms with Gasteiger partial charge in [-0.2, -0.15) is 16.5 Å². The number of likely N-dealkylation sites (tertiary alicyclic amines) is 1. The molecular formula is C17H22N2O6S2. The van der Waals surface area contributed by atoms with Crippen LogP contribution in [-0.4, -0.2) is 62.3 Å². The smallest absolute Gasteiger partial charge is 0.324 e. The Morgan fingerprint density at radius 2 is 2.00 bits per heavy atom. The van der Waals surface area contributed by atoms with Crippen LogP contribution in [-0.2, 0) is 29.1 Å². The second-order valence-electron chi connectivity index (χ2n) is 5.92. The SMILES string of the molecule is CSCC[C@@H](NS(=O)(=O)c1ccccc1)C(=O)OCC(=O)N1CCCC1=O. The number of nitrogens with zero attached hydrogens (tertiary/aromatic N) is 1. The lowest BCUT2D eigenvalue weighted by Gasteiger charge is -2.18. The minimum absolute atomic E-state index is 0.0330. The van der Waals surface area contributed by atoms with Crippen molar-refractivity contribution in [2.24, 2.45) is 0 Å². The van der Waals surface area contributed by atoms with Gasteiger partial charge < -0.3 is 4.74 Å². The molecule has 27 heavy (non-hydrogen) atoms. The molecule has 1 aromatic carbocycles. The maximum Gasteiger partial charge on any atom is 0.324 e. The van der Waals surface area contributed by atoms with Gasteiger partial charge in [-0.05, 0) is 37.0 Å². The second-order valence-corrected chi connectivity index (χ2v) is 8.62. The molecule has 1 aliphatic rings. The van der Waals surface area contributed by atoms with Crippen LogP contribution < -0.4 is 4.72 Å². The maximum absolute atomic E-state index is 12.5. The van der Waals surface area contributed by atoms with Crippen molar-refractivity contribution in [1.82, 2.24) is 9.62 Å². The van der Waals surface area contributed by atoms with Crippen molar-refractivity contribution < 1.29 is 27.5 Å². The van der Waals surface area contributed by atoms with Crippen molar-refractivity contribution in [2.45, 2.75) is 30.2 Å². The van der Waals surface area contributed by atoms with Crippen LogP contribution in [0.2, 0.25) is 0 Å². The molecule has 2 amide bonds. The molecule has 2 rings (SSSR count). The van der Waals surface area contributed by atoms with Crippen molar-refractivity contribution in [2.75, 3.05) is 25.2 Å². The third-order valence-corrected chi connectivity index (χ3v) is 6.09. The Morgan fingerprint density at radius 1 is 1.30 bits per heavy atom. The van der Waals surface area contributed by atoms with Crippen LogP contribution in [0.3, 0.4) is 0 Å². The summed E-state index contributed by atoms with van der Waals surface area (Å²) in [5.41, 5.74) is 0. The third-order valence-electron chi connectivity index (χ3n) is 3.96. The first kappa shape index (κ1) is 21.4. The van der Waals surface area contributed by atoms with E-state index in [0.29, 0.717) is 25.1 Å². The Morgan fingerprint density at radius 3 is 2.59 bits per heavy atom. The number of benzene rings is 1. The van der Waals surface area contributed by atoms with Gasteiger partial charge in [0.1, 0.15) is 6.04 Å². The lowest BCUT2D eigenvalue weighted by atomic mass is 10.2. The minimum atomic E-state index is -3.91. The van der Waals surface area contributed by atoms with Gasteiger partial charge in [0.25, 0.3) is 5.91 Å². The summed E-state index contributed by atoms with van der Waals surface area (Å²) in [7, 11) is -3.91. The van der Waals surface area contributed by atoms with Gasteiger partial charge in [0, 0.05) is 13.0 Å². The molecule has 0 unspecified atom stereocenters. The molecule has 1 saturated heterocycles. The Hall–Kier alpha value is -1.91. The summed E-state index contributed by atoms with van der Waals surface area (Å²) in [6, 6.07) is 6.56. The monoisotopic (exact) mass is 414 g/mol. The number of thioether (sulfide) groups is 1. The van der Waals surface area contributed by atoms with Gasteiger partial charge >= 0.3 is 5.97 Å². The number of rotatable bonds is 9. The maximum atomic E-state index is 12.5. The number of imide groups is 1. The number of hydrogen-bond acceptors (Lipinski definition) is 7. The van der Waals surface area contributed by atoms with Crippen LogP contribution >= 0.6 is 11.8 Å². The topological polar surface area (TPSA) is 110 Å². The quantitative estimate of drug-likeness (QED) is 0.595. The molecule has 1 aliphatic heterocycles. The van der Waals surface area contributed by atoms with Crippen LogP contribution in [0.4, 0.5) is 0 Å². The van der Waals surface area contributed by atoms with Crippen molar-refractivity contribution in [3.05, 3.63) is 30.3 Å². The van der Waals surface area contributed by atoms with Crippen molar-refractivity contribution in [3.8, 4) is 0 Å². The molecule has 0 radical (unpaired) electrons. The van der Waals surface area contributed by atoms with Crippen molar-refractivity contribution in [3.63, 3.8) is 0 Å². The summed E-state index contributed by atoms with van der Waals surface area (Å²) in [5.74, 6) is -1.21. The van der Waals surface area contributed by atoms with Gasteiger partial charge in [0.15, 0.2) is 6.61 Å². The number of carbonyl (C=O) groups is 3. The number of hydrogen-bond donors (Lipinski definition) is 1. The molecule has 10 heteroatoms. The first-order valence-corrected chi connectivity index (χ1v) is 11.3. The molecule has 0 spiro atoms. The zero-order chi connectivity index (χ0) is 19.9. The average molecular weight is 415 g/mol. The van der Waals surface area contributed by atoms with E-state index in [0.717, 1.165) is 4.90 Å². The van der Waals surface area contributed by atoms with Crippen LogP contribution in [0.25, 0.3) is 0 Å². The largest absolute Gasteiger partial charge is 0.454 e. The number of ether oxygens (including phenoxy) is 1. The first-order chi connectivity index (χ1) is 12.8. The molecule has 1 heterocycles. The molecule has 1 N–H and O–H groups in total. The van der Waals surface area contributed by atoms with E-state index in [2.05, 4.69) is 4.72 Å². The van der Waals surface area contributed by atoms with Crippen LogP contribution in [0.5, 0.6) is 0 Å². The molecule has 148 valence electrons. The van der Waals surface area contributed by atoms with E-state index in [1.807, 2.05) is 6.26 Å². The van der Waals surface area contributed by atoms with Crippen LogP contribution in [0.15, 0.2) is 35.2 Å². The summed E-state index contributed by atoms with van der Waals surface area (Å²) in [4.78, 5) is 37.0. The van der Waals surface area contributed by atoms with E-state index in [9.17, 15) is 22.8 Å². The lowest BCUT2D eigenvalue weighted by Crippen LogP contribution is -2.43. The fourth-order valence-corrected chi connectivity index (χ4v) is 4.25. The average Bonchev–Trinajstić information content (AvgIpc) is 3.09. The normalized spacial score (nSPS) is 15.6. The third kappa shape index (κ3) is 6.05. The Kier molecular flexibility index (Phi) is 7.81. The summed E-state index contributed by atoms with van der Waals surface area (Å²) in [6.45, 7) is -0.279. The highest BCUT2D eigenvalue weighted by Gasteiger charge is 2.30. The summed E-state index contributed by atoms with van der Waals surface area (Å²) in [5, 5.41) is 0. The van der Waals surface area contributed by atoms with Crippen molar-refractivity contribution in [1.29, 1.82) is 0 Å². The van der Waals surface area contributed by atoms with E-state index in [1.165, 1.54) is 23.9 Å². The van der Waals surface area contributed by atoms with Crippen LogP contribution in [0.1, 0.15) is 19.3 Å². The molecule has 1 atom stereocenters. The van der Waals surface area contributed by atoms with E-state index >= 15 is 0 Å². The summed E-state index contributed by atoms with van der Waals surface area (Å²) < 4.78 is 32.2. The number of nitrogens with one attached hydrogen (secondary N) is 1. The van der Waals surface area contributed by atoms with Crippen LogP contribution in [0, 0.1) is 0 Å². The van der Waals surface area contributed by atoms with Gasteiger partial charge in [-0.25, -0.2) is 8.42 Å². The summed E-state index contributed by atoms with van der Waals surface area (Å²) >= 11 is 1.45. The van der Waals surface area contributed by atoms with E-state index in [4.69, 9.17) is 4.74 Å². The zero-order valence-corrected chi connectivity index (χ0v) is 16.6. The Labute approximate surface area is 162 Å². The van der Waals surface area contributed by atoms with Gasteiger partial charge in [-0.15, -0.1) is 0 Å². The number of amides is 2. The molecule has 1 aromatic rings. The Balaban J connectivity index is 2.00. The molecule has 8 nitrogen and oxygen atoms in total. The lowest BCUT2D eigenvalue weighted by molar-refractivity contribution is -0.155. The second kappa shape index (κ2) is 9.86. The number of carbonyl (C=O) groups excluding carboxylic acids is 3. The fourth-order valence-electron chi connectivity index (χ4n) is 2.54. The standard InChI is InChI=1S/C17H22N2O6S2/c1-26-11-9-14(18-27(23,24)13-6-3-2-4-7-13)17(22)25-12-16(21)19-10-5-8-15(19)20/h2-4,6-7,14,18H,5,8-12H2,1H3/t14-/m1/s1. The zero-order valence-electron chi connectivity index (χ0n) is 14.9. The van der Waals surface area contributed by atoms with E-state index in [1.54, 1.807) is 18.2 Å². The van der Waals surface area contributed by atoms with Gasteiger partial charge in [0.2, 0.25) is 15.9 Å². The predicted octanol–water partition coefficient (Wildman–Crippen LogP) is 0.779. The fraction of sp³-hybridized carbons (Fsp3) is 0.471. The highest BCUT2D eigenvalue weighted by atomic mass is 32.2. The minimum Gasteiger partial charge on any atom is -0.454 e. The summed E-state index contributed by atoms with van der Waals surface area (Å²) in [6.07, 6.45) is 2.93. The van der Waals surface area contributed by atoms with Gasteiger partial charge in [-0.1, -0.05) is 18.2 Å². The molecule has 0 bridgehead atoms. The predicted molar refractivity (Wildman–Crippen MR) is 100 cm³/mol. The van der Waals surface area contributed by atoms with Gasteiger partial charge in [0.05, 0.1) is 4.90 Å². The van der Waals surface area contributed by atoms with Crippen molar-refractivity contribution >= 4 is 39.6 Å². The molecular weight excluding hydrogens is 392 g/mol. The Bertz CT molecular complexity index is 782. The molecule has 1 fully saturated rings. The van der Waals surface area contributed by atoms with Gasteiger partial charge in [-0.3, -0.25) is 19.3 Å². The van der Waals surface area contributed by atoms with E-state index < -0.39 is 34.5 Å². The molecule has 0 saturated carbocycles. The highest BCUT2D eigenvalue weighted by Crippen LogP contribution is 2.12.